The number of benzene rings is 1. The summed E-state index contributed by atoms with van der Waals surface area (Å²) < 4.78 is 35.5. The van der Waals surface area contributed by atoms with E-state index in [0.29, 0.717) is 13.1 Å². The van der Waals surface area contributed by atoms with Gasteiger partial charge in [-0.25, -0.2) is 23.4 Å². The topological polar surface area (TPSA) is 86.0 Å². The van der Waals surface area contributed by atoms with Gasteiger partial charge in [0, 0.05) is 77.1 Å². The predicted octanol–water partition coefficient (Wildman–Crippen LogP) is 2.21. The van der Waals surface area contributed by atoms with Crippen molar-refractivity contribution in [1.29, 1.82) is 0 Å². The number of rotatable bonds is 11. The molecule has 2 saturated heterocycles. The monoisotopic (exact) mass is 570 g/mol. The molecule has 222 valence electrons. The smallest absolute Gasteiger partial charge is 0.137 e. The molecule has 2 atom stereocenters. The number of piperazine rings is 1. The van der Waals surface area contributed by atoms with Crippen LogP contribution in [0.5, 0.6) is 0 Å². The van der Waals surface area contributed by atoms with Crippen LogP contribution in [0.1, 0.15) is 18.9 Å². The minimum absolute atomic E-state index is 0.0116. The highest BCUT2D eigenvalue weighted by atomic mass is 19.1. The van der Waals surface area contributed by atoms with Crippen LogP contribution in [0.15, 0.2) is 49.2 Å². The lowest BCUT2D eigenvalue weighted by Gasteiger charge is -2.45. The van der Waals surface area contributed by atoms with Gasteiger partial charge in [-0.1, -0.05) is 6.07 Å². The van der Waals surface area contributed by atoms with Crippen LogP contribution in [-0.2, 0) is 16.9 Å². The summed E-state index contributed by atoms with van der Waals surface area (Å²) in [6, 6.07) is 7.00. The molecule has 0 spiro atoms. The van der Waals surface area contributed by atoms with Crippen molar-refractivity contribution < 1.29 is 18.6 Å². The Morgan fingerprint density at radius 2 is 1.85 bits per heavy atom. The minimum Gasteiger partial charge on any atom is -0.381 e. The second kappa shape index (κ2) is 13.2. The summed E-state index contributed by atoms with van der Waals surface area (Å²) in [6.45, 7) is 10.3. The van der Waals surface area contributed by atoms with Crippen molar-refractivity contribution in [2.24, 2.45) is 0 Å². The molecule has 2 aliphatic heterocycles. The third kappa shape index (κ3) is 7.00. The van der Waals surface area contributed by atoms with Gasteiger partial charge in [-0.05, 0) is 31.5 Å². The summed E-state index contributed by atoms with van der Waals surface area (Å²) in [7, 11) is 2.08. The third-order valence-corrected chi connectivity index (χ3v) is 8.38. The third-order valence-electron chi connectivity index (χ3n) is 8.38. The molecule has 0 amide bonds. The number of pyridine rings is 1. The molecule has 2 unspecified atom stereocenters. The van der Waals surface area contributed by atoms with E-state index in [2.05, 4.69) is 48.9 Å². The minimum atomic E-state index is -1.65. The average molecular weight is 571 g/mol. The van der Waals surface area contributed by atoms with Crippen LogP contribution in [0, 0.1) is 11.6 Å². The predicted molar refractivity (Wildman–Crippen MR) is 153 cm³/mol. The van der Waals surface area contributed by atoms with Gasteiger partial charge in [-0.3, -0.25) is 9.80 Å². The molecule has 2 aliphatic rings. The standard InChI is InChI=1S/C29H40F2N8O2/c1-23(29(40,20-39-22-32-21-34-39)26-6-4-24(30)18-27(26)31)37-10-12-38(13-11-37)25-5-7-28(33-19-25)35(2)8-3-9-36-14-16-41-17-15-36/h4-7,18-19,21-23,40H,3,8-17,20H2,1-2H3. The number of aliphatic hydroxyl groups is 1. The van der Waals surface area contributed by atoms with Crippen molar-refractivity contribution in [1.82, 2.24) is 29.5 Å². The molecule has 5 rings (SSSR count). The van der Waals surface area contributed by atoms with E-state index in [9.17, 15) is 13.9 Å². The van der Waals surface area contributed by atoms with E-state index in [1.807, 2.05) is 13.1 Å². The fraction of sp³-hybridized carbons (Fsp3) is 0.552. The molecule has 3 aromatic rings. The number of halogens is 2. The summed E-state index contributed by atoms with van der Waals surface area (Å²) in [5, 5.41) is 16.0. The van der Waals surface area contributed by atoms with Crippen molar-refractivity contribution in [2.45, 2.75) is 31.5 Å². The second-order valence-corrected chi connectivity index (χ2v) is 10.9. The van der Waals surface area contributed by atoms with E-state index in [0.717, 1.165) is 76.5 Å². The Morgan fingerprint density at radius 1 is 1.07 bits per heavy atom. The summed E-state index contributed by atoms with van der Waals surface area (Å²) in [6.07, 6.45) is 5.84. The second-order valence-electron chi connectivity index (χ2n) is 10.9. The summed E-state index contributed by atoms with van der Waals surface area (Å²) in [4.78, 5) is 17.7. The molecule has 2 fully saturated rings. The van der Waals surface area contributed by atoms with E-state index in [1.54, 1.807) is 0 Å². The van der Waals surface area contributed by atoms with Crippen LogP contribution in [0.25, 0.3) is 0 Å². The largest absolute Gasteiger partial charge is 0.381 e. The molecule has 0 bridgehead atoms. The van der Waals surface area contributed by atoms with Crippen LogP contribution >= 0.6 is 0 Å². The molecule has 4 heterocycles. The number of hydrogen-bond acceptors (Lipinski definition) is 9. The average Bonchev–Trinajstić information content (AvgIpc) is 3.50. The SMILES string of the molecule is CC(N1CCN(c2ccc(N(C)CCCN3CCOCC3)nc2)CC1)C(O)(Cn1cncn1)c1ccc(F)cc1F. The first-order valence-corrected chi connectivity index (χ1v) is 14.3. The van der Waals surface area contributed by atoms with Crippen molar-refractivity contribution in [3.8, 4) is 0 Å². The Kier molecular flexibility index (Phi) is 9.43. The molecule has 0 radical (unpaired) electrons. The van der Waals surface area contributed by atoms with E-state index >= 15 is 0 Å². The van der Waals surface area contributed by atoms with Gasteiger partial charge in [0.1, 0.15) is 35.7 Å². The lowest BCUT2D eigenvalue weighted by Crippen LogP contribution is -2.57. The maximum Gasteiger partial charge on any atom is 0.137 e. The molecule has 41 heavy (non-hydrogen) atoms. The number of nitrogens with zero attached hydrogens (tertiary/aromatic N) is 8. The Labute approximate surface area is 240 Å². The Balaban J connectivity index is 1.18. The number of aromatic nitrogens is 4. The van der Waals surface area contributed by atoms with Crippen molar-refractivity contribution in [2.75, 3.05) is 82.4 Å². The molecule has 0 aliphatic carbocycles. The van der Waals surface area contributed by atoms with Crippen LogP contribution in [0.3, 0.4) is 0 Å². The zero-order chi connectivity index (χ0) is 28.8. The molecule has 0 saturated carbocycles. The van der Waals surface area contributed by atoms with Crippen molar-refractivity contribution in [3.05, 3.63) is 66.4 Å². The quantitative estimate of drug-likeness (QED) is 0.373. The van der Waals surface area contributed by atoms with Gasteiger partial charge in [0.05, 0.1) is 31.6 Å². The summed E-state index contributed by atoms with van der Waals surface area (Å²) in [5.74, 6) is -0.521. The zero-order valence-electron chi connectivity index (χ0n) is 23.9. The van der Waals surface area contributed by atoms with Crippen LogP contribution in [-0.4, -0.2) is 113 Å². The highest BCUT2D eigenvalue weighted by Gasteiger charge is 2.42. The normalized spacial score (nSPS) is 19.2. The number of ether oxygens (including phenoxy) is 1. The molecule has 1 aromatic carbocycles. The van der Waals surface area contributed by atoms with Crippen molar-refractivity contribution in [3.63, 3.8) is 0 Å². The summed E-state index contributed by atoms with van der Waals surface area (Å²) >= 11 is 0. The van der Waals surface area contributed by atoms with Crippen LogP contribution in [0.4, 0.5) is 20.3 Å². The maximum atomic E-state index is 14.9. The van der Waals surface area contributed by atoms with E-state index in [1.165, 1.54) is 29.5 Å². The van der Waals surface area contributed by atoms with Gasteiger partial charge >= 0.3 is 0 Å². The number of morpholine rings is 1. The van der Waals surface area contributed by atoms with Crippen LogP contribution in [0.2, 0.25) is 0 Å². The van der Waals surface area contributed by atoms with Gasteiger partial charge in [0.2, 0.25) is 0 Å². The zero-order valence-corrected chi connectivity index (χ0v) is 23.9. The van der Waals surface area contributed by atoms with Gasteiger partial charge in [0.15, 0.2) is 0 Å². The van der Waals surface area contributed by atoms with Gasteiger partial charge in [0.25, 0.3) is 0 Å². The summed E-state index contributed by atoms with van der Waals surface area (Å²) in [5.41, 5.74) is -0.563. The Bertz CT molecular complexity index is 1230. The number of anilines is 2. The highest BCUT2D eigenvalue weighted by molar-refractivity contribution is 5.50. The van der Waals surface area contributed by atoms with E-state index < -0.39 is 23.3 Å². The molecular formula is C29H40F2N8O2. The lowest BCUT2D eigenvalue weighted by atomic mass is 9.85. The first-order valence-electron chi connectivity index (χ1n) is 14.3. The molecule has 12 heteroatoms. The van der Waals surface area contributed by atoms with Crippen LogP contribution < -0.4 is 9.80 Å². The Morgan fingerprint density at radius 3 is 2.51 bits per heavy atom. The van der Waals surface area contributed by atoms with Gasteiger partial charge in [-0.15, -0.1) is 0 Å². The maximum absolute atomic E-state index is 14.9. The van der Waals surface area contributed by atoms with E-state index in [4.69, 9.17) is 9.72 Å². The first kappa shape index (κ1) is 29.3. The van der Waals surface area contributed by atoms with Gasteiger partial charge < -0.3 is 19.6 Å². The fourth-order valence-electron chi connectivity index (χ4n) is 5.78. The highest BCUT2D eigenvalue weighted by Crippen LogP contribution is 2.33. The number of hydrogen-bond donors (Lipinski definition) is 1. The lowest BCUT2D eigenvalue weighted by molar-refractivity contribution is -0.0650. The molecular weight excluding hydrogens is 530 g/mol. The molecule has 10 nitrogen and oxygen atoms in total. The molecule has 1 N–H and O–H groups in total. The van der Waals surface area contributed by atoms with Gasteiger partial charge in [-0.2, -0.15) is 5.10 Å². The Hall–Kier alpha value is -3.19. The van der Waals surface area contributed by atoms with E-state index in [-0.39, 0.29) is 12.1 Å². The molecule has 2 aromatic heterocycles. The van der Waals surface area contributed by atoms with Crippen molar-refractivity contribution >= 4 is 11.5 Å². The first-order chi connectivity index (χ1) is 19.8. The fourth-order valence-corrected chi connectivity index (χ4v) is 5.78.